The lowest BCUT2D eigenvalue weighted by Crippen LogP contribution is -2.36. The molecule has 3 unspecified atom stereocenters. The Hall–Kier alpha value is -0.300. The Morgan fingerprint density at radius 1 is 1.50 bits per heavy atom. The summed E-state index contributed by atoms with van der Waals surface area (Å²) >= 11 is 0. The second kappa shape index (κ2) is 6.23. The molecule has 1 rings (SSSR count). The molecular formula is C13H25N. The summed E-state index contributed by atoms with van der Waals surface area (Å²) < 4.78 is 0. The summed E-state index contributed by atoms with van der Waals surface area (Å²) in [6, 6.07) is 0.668. The first-order chi connectivity index (χ1) is 6.81. The molecule has 1 saturated carbocycles. The molecule has 0 spiro atoms. The molecular weight excluding hydrogens is 170 g/mol. The van der Waals surface area contributed by atoms with Crippen molar-refractivity contribution in [3.8, 4) is 0 Å². The van der Waals surface area contributed by atoms with E-state index < -0.39 is 0 Å². The van der Waals surface area contributed by atoms with Crippen LogP contribution in [-0.2, 0) is 0 Å². The van der Waals surface area contributed by atoms with Gasteiger partial charge in [-0.05, 0) is 38.1 Å². The Bertz CT molecular complexity index is 165. The van der Waals surface area contributed by atoms with Crippen LogP contribution in [0.4, 0.5) is 0 Å². The molecule has 1 aliphatic rings. The molecule has 1 N–H and O–H groups in total. The maximum atomic E-state index is 3.84. The first kappa shape index (κ1) is 11.8. The molecule has 0 saturated heterocycles. The van der Waals surface area contributed by atoms with E-state index in [4.69, 9.17) is 0 Å². The fraction of sp³-hybridized carbons (Fsp3) is 0.846. The van der Waals surface area contributed by atoms with Gasteiger partial charge in [0.15, 0.2) is 0 Å². The maximum Gasteiger partial charge on any atom is 0.0127 e. The minimum atomic E-state index is 0.668. The highest BCUT2D eigenvalue weighted by atomic mass is 14.9. The lowest BCUT2D eigenvalue weighted by molar-refractivity contribution is 0.214. The standard InChI is InChI=1S/C13H25N/c1-4-7-13(14-3)12-9-6-8-11(5-2)10-12/h4,11-14H,1,5-10H2,2-3H3. The summed E-state index contributed by atoms with van der Waals surface area (Å²) in [5.41, 5.74) is 0. The van der Waals surface area contributed by atoms with Gasteiger partial charge in [-0.25, -0.2) is 0 Å². The summed E-state index contributed by atoms with van der Waals surface area (Å²) in [4.78, 5) is 0. The lowest BCUT2D eigenvalue weighted by Gasteiger charge is -2.33. The lowest BCUT2D eigenvalue weighted by atomic mass is 9.76. The molecule has 1 nitrogen and oxygen atoms in total. The fourth-order valence-electron chi connectivity index (χ4n) is 2.79. The Kier molecular flexibility index (Phi) is 5.24. The first-order valence-electron chi connectivity index (χ1n) is 6.10. The summed E-state index contributed by atoms with van der Waals surface area (Å²) in [6.07, 6.45) is 10.3. The van der Waals surface area contributed by atoms with Gasteiger partial charge in [-0.1, -0.05) is 32.3 Å². The quantitative estimate of drug-likeness (QED) is 0.663. The van der Waals surface area contributed by atoms with Crippen molar-refractivity contribution in [2.24, 2.45) is 11.8 Å². The number of nitrogens with one attached hydrogen (secondary N) is 1. The van der Waals surface area contributed by atoms with Crippen molar-refractivity contribution >= 4 is 0 Å². The third kappa shape index (κ3) is 3.13. The van der Waals surface area contributed by atoms with Crippen LogP contribution in [-0.4, -0.2) is 13.1 Å². The normalized spacial score (nSPS) is 29.9. The van der Waals surface area contributed by atoms with Crippen LogP contribution in [0.25, 0.3) is 0 Å². The molecule has 0 aliphatic heterocycles. The van der Waals surface area contributed by atoms with Crippen LogP contribution in [0.15, 0.2) is 12.7 Å². The second-order valence-corrected chi connectivity index (χ2v) is 4.62. The molecule has 3 atom stereocenters. The molecule has 1 heteroatoms. The molecule has 0 aromatic heterocycles. The van der Waals surface area contributed by atoms with Gasteiger partial charge in [-0.15, -0.1) is 6.58 Å². The Morgan fingerprint density at radius 2 is 2.29 bits per heavy atom. The van der Waals surface area contributed by atoms with E-state index in [1.54, 1.807) is 0 Å². The summed E-state index contributed by atoms with van der Waals surface area (Å²) in [5.74, 6) is 1.87. The van der Waals surface area contributed by atoms with Gasteiger partial charge in [-0.3, -0.25) is 0 Å². The van der Waals surface area contributed by atoms with Gasteiger partial charge in [0.05, 0.1) is 0 Å². The molecule has 14 heavy (non-hydrogen) atoms. The topological polar surface area (TPSA) is 12.0 Å². The van der Waals surface area contributed by atoms with Crippen LogP contribution in [0, 0.1) is 11.8 Å². The van der Waals surface area contributed by atoms with Gasteiger partial charge < -0.3 is 5.32 Å². The predicted octanol–water partition coefficient (Wildman–Crippen LogP) is 3.37. The Morgan fingerprint density at radius 3 is 2.86 bits per heavy atom. The minimum absolute atomic E-state index is 0.668. The molecule has 0 bridgehead atoms. The van der Waals surface area contributed by atoms with Gasteiger partial charge in [0, 0.05) is 6.04 Å². The zero-order chi connectivity index (χ0) is 10.4. The van der Waals surface area contributed by atoms with E-state index in [9.17, 15) is 0 Å². The Labute approximate surface area is 89.0 Å². The molecule has 0 amide bonds. The third-order valence-electron chi connectivity index (χ3n) is 3.76. The van der Waals surface area contributed by atoms with E-state index in [1.807, 2.05) is 0 Å². The summed E-state index contributed by atoms with van der Waals surface area (Å²) in [7, 11) is 2.09. The maximum absolute atomic E-state index is 3.84. The predicted molar refractivity (Wildman–Crippen MR) is 63.4 cm³/mol. The van der Waals surface area contributed by atoms with Crippen LogP contribution < -0.4 is 5.32 Å². The van der Waals surface area contributed by atoms with E-state index in [2.05, 4.69) is 31.9 Å². The van der Waals surface area contributed by atoms with E-state index in [0.29, 0.717) is 6.04 Å². The largest absolute Gasteiger partial charge is 0.316 e. The van der Waals surface area contributed by atoms with Crippen LogP contribution in [0.3, 0.4) is 0 Å². The molecule has 0 aromatic carbocycles. The van der Waals surface area contributed by atoms with Crippen LogP contribution in [0.5, 0.6) is 0 Å². The van der Waals surface area contributed by atoms with E-state index in [-0.39, 0.29) is 0 Å². The highest BCUT2D eigenvalue weighted by Crippen LogP contribution is 2.33. The van der Waals surface area contributed by atoms with Crippen LogP contribution in [0.1, 0.15) is 45.4 Å². The molecule has 1 aliphatic carbocycles. The van der Waals surface area contributed by atoms with Crippen molar-refractivity contribution in [1.29, 1.82) is 0 Å². The molecule has 1 fully saturated rings. The number of hydrogen-bond donors (Lipinski definition) is 1. The number of hydrogen-bond acceptors (Lipinski definition) is 1. The highest BCUT2D eigenvalue weighted by Gasteiger charge is 2.25. The van der Waals surface area contributed by atoms with E-state index >= 15 is 0 Å². The summed E-state index contributed by atoms with van der Waals surface area (Å²) in [6.45, 7) is 6.17. The zero-order valence-corrected chi connectivity index (χ0v) is 9.76. The highest BCUT2D eigenvalue weighted by molar-refractivity contribution is 4.86. The van der Waals surface area contributed by atoms with Gasteiger partial charge in [-0.2, -0.15) is 0 Å². The van der Waals surface area contributed by atoms with Gasteiger partial charge in [0.2, 0.25) is 0 Å². The van der Waals surface area contributed by atoms with Crippen LogP contribution in [0.2, 0.25) is 0 Å². The van der Waals surface area contributed by atoms with Gasteiger partial charge >= 0.3 is 0 Å². The van der Waals surface area contributed by atoms with Crippen LogP contribution >= 0.6 is 0 Å². The SMILES string of the molecule is C=CCC(NC)C1CCCC(CC)C1. The van der Waals surface area contributed by atoms with E-state index in [1.165, 1.54) is 32.1 Å². The van der Waals surface area contributed by atoms with Crippen molar-refractivity contribution in [3.05, 3.63) is 12.7 Å². The van der Waals surface area contributed by atoms with Crippen molar-refractivity contribution < 1.29 is 0 Å². The average Bonchev–Trinajstić information content (AvgIpc) is 2.26. The third-order valence-corrected chi connectivity index (χ3v) is 3.76. The van der Waals surface area contributed by atoms with Gasteiger partial charge in [0.1, 0.15) is 0 Å². The van der Waals surface area contributed by atoms with Crippen molar-refractivity contribution in [2.45, 2.75) is 51.5 Å². The summed E-state index contributed by atoms with van der Waals surface area (Å²) in [5, 5.41) is 3.45. The molecule has 0 heterocycles. The zero-order valence-electron chi connectivity index (χ0n) is 9.76. The second-order valence-electron chi connectivity index (χ2n) is 4.62. The van der Waals surface area contributed by atoms with Crippen molar-refractivity contribution in [2.75, 3.05) is 7.05 Å². The fourth-order valence-corrected chi connectivity index (χ4v) is 2.79. The Balaban J connectivity index is 2.43. The first-order valence-corrected chi connectivity index (χ1v) is 6.10. The smallest absolute Gasteiger partial charge is 0.0127 e. The minimum Gasteiger partial charge on any atom is -0.316 e. The van der Waals surface area contributed by atoms with Crippen molar-refractivity contribution in [3.63, 3.8) is 0 Å². The molecule has 82 valence electrons. The monoisotopic (exact) mass is 195 g/mol. The average molecular weight is 195 g/mol. The van der Waals surface area contributed by atoms with Gasteiger partial charge in [0.25, 0.3) is 0 Å². The van der Waals surface area contributed by atoms with E-state index in [0.717, 1.165) is 18.3 Å². The number of rotatable bonds is 5. The molecule has 0 aromatic rings. The van der Waals surface area contributed by atoms with Crippen molar-refractivity contribution in [1.82, 2.24) is 5.32 Å². The molecule has 0 radical (unpaired) electrons.